The van der Waals surface area contributed by atoms with Gasteiger partial charge in [-0.2, -0.15) is 0 Å². The van der Waals surface area contributed by atoms with Gasteiger partial charge in [-0.25, -0.2) is 8.78 Å². The molecular formula is C12H15F2NO. The summed E-state index contributed by atoms with van der Waals surface area (Å²) in [5, 5.41) is 0. The summed E-state index contributed by atoms with van der Waals surface area (Å²) in [6.45, 7) is 3.58. The lowest BCUT2D eigenvalue weighted by Gasteiger charge is -2.14. The monoisotopic (exact) mass is 227 g/mol. The van der Waals surface area contributed by atoms with Gasteiger partial charge in [-0.05, 0) is 18.1 Å². The van der Waals surface area contributed by atoms with E-state index in [1.165, 1.54) is 6.07 Å². The highest BCUT2D eigenvalue weighted by molar-refractivity contribution is 5.86. The highest BCUT2D eigenvalue weighted by Gasteiger charge is 2.20. The van der Waals surface area contributed by atoms with Gasteiger partial charge in [0.25, 0.3) is 0 Å². The van der Waals surface area contributed by atoms with E-state index in [1.54, 1.807) is 13.8 Å². The standard InChI is InChI=1S/C12H15F2NO/c1-7(2)12(15)11(16)6-8-9(13)4-3-5-10(8)14/h3-5,7,12H,6,15H2,1-2H3. The van der Waals surface area contributed by atoms with Crippen molar-refractivity contribution in [2.75, 3.05) is 0 Å². The molecule has 0 saturated carbocycles. The lowest BCUT2D eigenvalue weighted by Crippen LogP contribution is -2.36. The Morgan fingerprint density at radius 3 is 2.25 bits per heavy atom. The number of carbonyl (C=O) groups is 1. The summed E-state index contributed by atoms with van der Waals surface area (Å²) >= 11 is 0. The molecule has 0 bridgehead atoms. The summed E-state index contributed by atoms with van der Waals surface area (Å²) in [7, 11) is 0. The van der Waals surface area contributed by atoms with Gasteiger partial charge in [0.1, 0.15) is 11.6 Å². The Labute approximate surface area is 93.5 Å². The number of halogens is 2. The molecule has 16 heavy (non-hydrogen) atoms. The van der Waals surface area contributed by atoms with E-state index in [-0.39, 0.29) is 23.7 Å². The average molecular weight is 227 g/mol. The topological polar surface area (TPSA) is 43.1 Å². The molecule has 0 amide bonds. The third-order valence-corrected chi connectivity index (χ3v) is 2.50. The van der Waals surface area contributed by atoms with Gasteiger partial charge >= 0.3 is 0 Å². The molecular weight excluding hydrogens is 212 g/mol. The highest BCUT2D eigenvalue weighted by atomic mass is 19.1. The molecule has 0 fully saturated rings. The van der Waals surface area contributed by atoms with Crippen molar-refractivity contribution in [3.8, 4) is 0 Å². The summed E-state index contributed by atoms with van der Waals surface area (Å²) in [5.74, 6) is -1.80. The molecule has 0 aliphatic heterocycles. The van der Waals surface area contributed by atoms with Gasteiger partial charge in [-0.15, -0.1) is 0 Å². The van der Waals surface area contributed by atoms with Crippen LogP contribution < -0.4 is 5.73 Å². The molecule has 0 heterocycles. The first-order valence-corrected chi connectivity index (χ1v) is 5.14. The predicted molar refractivity (Wildman–Crippen MR) is 57.9 cm³/mol. The quantitative estimate of drug-likeness (QED) is 0.855. The van der Waals surface area contributed by atoms with Gasteiger partial charge in [-0.3, -0.25) is 4.79 Å². The molecule has 1 atom stereocenters. The second kappa shape index (κ2) is 5.16. The van der Waals surface area contributed by atoms with Crippen LogP contribution in [0.25, 0.3) is 0 Å². The van der Waals surface area contributed by atoms with E-state index >= 15 is 0 Å². The Balaban J connectivity index is 2.85. The highest BCUT2D eigenvalue weighted by Crippen LogP contribution is 2.14. The van der Waals surface area contributed by atoms with Gasteiger partial charge in [0.15, 0.2) is 5.78 Å². The van der Waals surface area contributed by atoms with Crippen LogP contribution in [0.4, 0.5) is 8.78 Å². The van der Waals surface area contributed by atoms with E-state index < -0.39 is 17.7 Å². The van der Waals surface area contributed by atoms with Crippen molar-refractivity contribution in [3.63, 3.8) is 0 Å². The molecule has 0 aliphatic carbocycles. The van der Waals surface area contributed by atoms with Crippen LogP contribution in [0.3, 0.4) is 0 Å². The zero-order valence-corrected chi connectivity index (χ0v) is 9.34. The molecule has 2 nitrogen and oxygen atoms in total. The Hall–Kier alpha value is -1.29. The zero-order chi connectivity index (χ0) is 12.3. The first kappa shape index (κ1) is 12.8. The number of rotatable bonds is 4. The lowest BCUT2D eigenvalue weighted by molar-refractivity contribution is -0.120. The molecule has 1 rings (SSSR count). The lowest BCUT2D eigenvalue weighted by atomic mass is 9.96. The maximum atomic E-state index is 13.2. The van der Waals surface area contributed by atoms with Gasteiger partial charge < -0.3 is 5.73 Å². The largest absolute Gasteiger partial charge is 0.321 e. The van der Waals surface area contributed by atoms with Crippen molar-refractivity contribution in [2.45, 2.75) is 26.3 Å². The van der Waals surface area contributed by atoms with E-state index in [9.17, 15) is 13.6 Å². The van der Waals surface area contributed by atoms with Crippen LogP contribution in [-0.4, -0.2) is 11.8 Å². The van der Waals surface area contributed by atoms with Gasteiger partial charge in [0.05, 0.1) is 6.04 Å². The minimum Gasteiger partial charge on any atom is -0.321 e. The van der Waals surface area contributed by atoms with Crippen molar-refractivity contribution >= 4 is 5.78 Å². The number of Topliss-reactive ketones (excluding diaryl/α,β-unsaturated/α-hetero) is 1. The van der Waals surface area contributed by atoms with Crippen LogP contribution >= 0.6 is 0 Å². The number of hydrogen-bond acceptors (Lipinski definition) is 2. The molecule has 88 valence electrons. The molecule has 1 unspecified atom stereocenters. The van der Waals surface area contributed by atoms with Gasteiger partial charge in [0, 0.05) is 12.0 Å². The Bertz CT molecular complexity index is 370. The third-order valence-electron chi connectivity index (χ3n) is 2.50. The summed E-state index contributed by atoms with van der Waals surface area (Å²) in [4.78, 5) is 11.6. The number of nitrogens with two attached hydrogens (primary N) is 1. The second-order valence-corrected chi connectivity index (χ2v) is 4.11. The Morgan fingerprint density at radius 2 is 1.81 bits per heavy atom. The van der Waals surface area contributed by atoms with Crippen molar-refractivity contribution in [1.29, 1.82) is 0 Å². The number of ketones is 1. The van der Waals surface area contributed by atoms with Gasteiger partial charge in [0.2, 0.25) is 0 Å². The van der Waals surface area contributed by atoms with Crippen LogP contribution in [0.5, 0.6) is 0 Å². The fourth-order valence-electron chi connectivity index (χ4n) is 1.37. The molecule has 0 radical (unpaired) electrons. The summed E-state index contributed by atoms with van der Waals surface area (Å²) < 4.78 is 26.5. The molecule has 1 aromatic carbocycles. The van der Waals surface area contributed by atoms with E-state index in [2.05, 4.69) is 0 Å². The van der Waals surface area contributed by atoms with E-state index in [0.29, 0.717) is 0 Å². The van der Waals surface area contributed by atoms with E-state index in [1.807, 2.05) is 0 Å². The Kier molecular flexibility index (Phi) is 4.12. The minimum absolute atomic E-state index is 0.0395. The number of carbonyl (C=O) groups excluding carboxylic acids is 1. The average Bonchev–Trinajstić information content (AvgIpc) is 2.22. The number of hydrogen-bond donors (Lipinski definition) is 1. The van der Waals surface area contributed by atoms with Crippen LogP contribution in [-0.2, 0) is 11.2 Å². The molecule has 0 saturated heterocycles. The maximum absolute atomic E-state index is 13.2. The van der Waals surface area contributed by atoms with E-state index in [4.69, 9.17) is 5.73 Å². The SMILES string of the molecule is CC(C)C(N)C(=O)Cc1c(F)cccc1F. The first-order chi connectivity index (χ1) is 7.43. The summed E-state index contributed by atoms with van der Waals surface area (Å²) in [5.41, 5.74) is 5.41. The van der Waals surface area contributed by atoms with Crippen LogP contribution in [0.2, 0.25) is 0 Å². The Morgan fingerprint density at radius 1 is 1.31 bits per heavy atom. The number of benzene rings is 1. The molecule has 4 heteroatoms. The summed E-state index contributed by atoms with van der Waals surface area (Å²) in [6, 6.07) is 2.85. The van der Waals surface area contributed by atoms with Crippen LogP contribution in [0, 0.1) is 17.6 Å². The van der Waals surface area contributed by atoms with Crippen molar-refractivity contribution in [3.05, 3.63) is 35.4 Å². The normalized spacial score (nSPS) is 12.9. The molecule has 0 aliphatic rings. The van der Waals surface area contributed by atoms with Gasteiger partial charge in [-0.1, -0.05) is 19.9 Å². The predicted octanol–water partition coefficient (Wildman–Crippen LogP) is 2.06. The maximum Gasteiger partial charge on any atom is 0.154 e. The van der Waals surface area contributed by atoms with Crippen molar-refractivity contribution in [1.82, 2.24) is 0 Å². The summed E-state index contributed by atoms with van der Waals surface area (Å²) in [6.07, 6.45) is -0.294. The fourth-order valence-corrected chi connectivity index (χ4v) is 1.37. The molecule has 0 aromatic heterocycles. The van der Waals surface area contributed by atoms with Crippen molar-refractivity contribution in [2.24, 2.45) is 11.7 Å². The smallest absolute Gasteiger partial charge is 0.154 e. The molecule has 0 spiro atoms. The van der Waals surface area contributed by atoms with Crippen LogP contribution in [0.15, 0.2) is 18.2 Å². The minimum atomic E-state index is -0.704. The van der Waals surface area contributed by atoms with Crippen molar-refractivity contribution < 1.29 is 13.6 Å². The fraction of sp³-hybridized carbons (Fsp3) is 0.417. The second-order valence-electron chi connectivity index (χ2n) is 4.11. The van der Waals surface area contributed by atoms with Crippen LogP contribution in [0.1, 0.15) is 19.4 Å². The zero-order valence-electron chi connectivity index (χ0n) is 9.34. The third kappa shape index (κ3) is 2.85. The molecule has 1 aromatic rings. The molecule has 2 N–H and O–H groups in total. The first-order valence-electron chi connectivity index (χ1n) is 5.14. The van der Waals surface area contributed by atoms with E-state index in [0.717, 1.165) is 12.1 Å².